The van der Waals surface area contributed by atoms with Crippen LogP contribution in [0.5, 0.6) is 5.75 Å². The van der Waals surface area contributed by atoms with Gasteiger partial charge in [0.1, 0.15) is 19.5 Å². The Morgan fingerprint density at radius 1 is 1.50 bits per heavy atom. The first kappa shape index (κ1) is 10.2. The van der Waals surface area contributed by atoms with E-state index < -0.39 is 0 Å². The third kappa shape index (κ3) is 2.55. The molecule has 0 aliphatic rings. The summed E-state index contributed by atoms with van der Waals surface area (Å²) in [5, 5.41) is 9.36. The van der Waals surface area contributed by atoms with Crippen LogP contribution in [0.1, 0.15) is 10.4 Å². The molecule has 0 aliphatic carbocycles. The maximum atomic E-state index is 11.5. The van der Waals surface area contributed by atoms with Gasteiger partial charge in [0.25, 0.3) is 0 Å². The first-order valence-electron chi connectivity index (χ1n) is 4.15. The summed E-state index contributed by atoms with van der Waals surface area (Å²) in [6, 6.07) is 6.43. The van der Waals surface area contributed by atoms with Crippen molar-refractivity contribution in [1.82, 2.24) is 0 Å². The predicted octanol–water partition coefficient (Wildman–Crippen LogP) is 1.43. The first-order chi connectivity index (χ1) is 6.61. The van der Waals surface area contributed by atoms with E-state index >= 15 is 0 Å². The standard InChI is InChI=1S/C11H11NO2/c1-12(2)8-7-11(14)9-5-3-4-6-10(9)13/h3-8H,1H2,2H3/p+1/b8-7+. The minimum Gasteiger partial charge on any atom is -0.507 e. The van der Waals surface area contributed by atoms with Gasteiger partial charge >= 0.3 is 0 Å². The zero-order valence-electron chi connectivity index (χ0n) is 7.97. The van der Waals surface area contributed by atoms with Gasteiger partial charge in [0.05, 0.1) is 11.6 Å². The lowest BCUT2D eigenvalue weighted by Gasteiger charge is -1.97. The van der Waals surface area contributed by atoms with E-state index in [1.54, 1.807) is 25.2 Å². The summed E-state index contributed by atoms with van der Waals surface area (Å²) in [6.07, 6.45) is 2.90. The number of benzene rings is 1. The Morgan fingerprint density at radius 3 is 2.71 bits per heavy atom. The molecule has 1 aromatic rings. The number of phenols is 1. The van der Waals surface area contributed by atoms with Gasteiger partial charge in [0.2, 0.25) is 0 Å². The van der Waals surface area contributed by atoms with Gasteiger partial charge in [-0.1, -0.05) is 12.1 Å². The van der Waals surface area contributed by atoms with Gasteiger partial charge in [-0.05, 0) is 12.1 Å². The Balaban J connectivity index is 2.91. The molecule has 0 heterocycles. The molecule has 0 aliphatic heterocycles. The number of carbonyl (C=O) groups excluding carboxylic acids is 1. The molecule has 3 heteroatoms. The van der Waals surface area contributed by atoms with Crippen LogP contribution in [0.25, 0.3) is 0 Å². The minimum absolute atomic E-state index is 0.00568. The number of hydrogen-bond acceptors (Lipinski definition) is 2. The number of para-hydroxylation sites is 1. The average molecular weight is 190 g/mol. The highest BCUT2D eigenvalue weighted by Gasteiger charge is 2.06. The maximum absolute atomic E-state index is 11.5. The van der Waals surface area contributed by atoms with E-state index in [9.17, 15) is 9.90 Å². The molecule has 0 amide bonds. The van der Waals surface area contributed by atoms with E-state index in [0.717, 1.165) is 0 Å². The Morgan fingerprint density at radius 2 is 2.14 bits per heavy atom. The summed E-state index contributed by atoms with van der Waals surface area (Å²) < 4.78 is 1.51. The van der Waals surface area contributed by atoms with Crippen molar-refractivity contribution < 1.29 is 14.5 Å². The second kappa shape index (κ2) is 4.37. The Kier molecular flexibility index (Phi) is 3.18. The monoisotopic (exact) mass is 190 g/mol. The summed E-state index contributed by atoms with van der Waals surface area (Å²) in [7, 11) is 1.72. The fourth-order valence-corrected chi connectivity index (χ4v) is 0.967. The van der Waals surface area contributed by atoms with Crippen LogP contribution in [-0.4, -0.2) is 29.2 Å². The number of aromatic hydroxyl groups is 1. The molecule has 1 N–H and O–H groups in total. The quantitative estimate of drug-likeness (QED) is 0.339. The first-order valence-corrected chi connectivity index (χ1v) is 4.15. The number of phenolic OH excluding ortho intramolecular Hbond substituents is 1. The smallest absolute Gasteiger partial charge is 0.195 e. The van der Waals surface area contributed by atoms with Crippen LogP contribution in [0.4, 0.5) is 0 Å². The number of nitrogens with zero attached hydrogens (tertiary/aromatic N) is 1. The van der Waals surface area contributed by atoms with Crippen molar-refractivity contribution >= 4 is 12.5 Å². The average Bonchev–Trinajstić information content (AvgIpc) is 2.15. The van der Waals surface area contributed by atoms with E-state index in [1.807, 2.05) is 0 Å². The highest BCUT2D eigenvalue weighted by atomic mass is 16.3. The van der Waals surface area contributed by atoms with E-state index in [1.165, 1.54) is 22.9 Å². The molecule has 0 bridgehead atoms. The number of rotatable bonds is 3. The van der Waals surface area contributed by atoms with Crippen LogP contribution >= 0.6 is 0 Å². The molecule has 0 saturated heterocycles. The normalized spacial score (nSPS) is 10.4. The molecule has 14 heavy (non-hydrogen) atoms. The van der Waals surface area contributed by atoms with Gasteiger partial charge < -0.3 is 5.11 Å². The number of carbonyl (C=O) groups is 1. The third-order valence-corrected chi connectivity index (χ3v) is 1.65. The van der Waals surface area contributed by atoms with Gasteiger partial charge in [0.15, 0.2) is 12.0 Å². The lowest BCUT2D eigenvalue weighted by molar-refractivity contribution is -0.411. The fourth-order valence-electron chi connectivity index (χ4n) is 0.967. The van der Waals surface area contributed by atoms with Crippen LogP contribution in [-0.2, 0) is 0 Å². The second-order valence-corrected chi connectivity index (χ2v) is 2.95. The fraction of sp³-hybridized carbons (Fsp3) is 0.0909. The zero-order valence-corrected chi connectivity index (χ0v) is 7.97. The van der Waals surface area contributed by atoms with Gasteiger partial charge in [-0.2, -0.15) is 0 Å². The summed E-state index contributed by atoms with van der Waals surface area (Å²) in [6.45, 7) is 3.56. The molecule has 72 valence electrons. The van der Waals surface area contributed by atoms with Crippen LogP contribution in [0, 0.1) is 0 Å². The number of hydrogen-bond donors (Lipinski definition) is 1. The Hall–Kier alpha value is -1.90. The van der Waals surface area contributed by atoms with Crippen molar-refractivity contribution in [2.75, 3.05) is 7.05 Å². The summed E-state index contributed by atoms with van der Waals surface area (Å²) in [5.74, 6) is -0.243. The van der Waals surface area contributed by atoms with Crippen molar-refractivity contribution in [3.63, 3.8) is 0 Å². The van der Waals surface area contributed by atoms with Crippen LogP contribution < -0.4 is 0 Å². The van der Waals surface area contributed by atoms with Crippen molar-refractivity contribution in [3.05, 3.63) is 42.1 Å². The van der Waals surface area contributed by atoms with E-state index in [0.29, 0.717) is 5.56 Å². The van der Waals surface area contributed by atoms with Crippen molar-refractivity contribution in [1.29, 1.82) is 0 Å². The Labute approximate surface area is 82.6 Å². The number of ketones is 1. The molecule has 0 fully saturated rings. The van der Waals surface area contributed by atoms with Gasteiger partial charge in [-0.25, -0.2) is 4.58 Å². The third-order valence-electron chi connectivity index (χ3n) is 1.65. The molecule has 3 nitrogen and oxygen atoms in total. The molecule has 1 aromatic carbocycles. The number of allylic oxidation sites excluding steroid dienone is 1. The topological polar surface area (TPSA) is 40.3 Å². The van der Waals surface area contributed by atoms with Gasteiger partial charge in [-0.3, -0.25) is 4.79 Å². The van der Waals surface area contributed by atoms with Crippen LogP contribution in [0.15, 0.2) is 36.5 Å². The van der Waals surface area contributed by atoms with Gasteiger partial charge in [0, 0.05) is 0 Å². The minimum atomic E-state index is -0.237. The molecule has 1 rings (SSSR count). The zero-order chi connectivity index (χ0) is 10.6. The van der Waals surface area contributed by atoms with Crippen molar-refractivity contribution in [2.45, 2.75) is 0 Å². The maximum Gasteiger partial charge on any atom is 0.195 e. The van der Waals surface area contributed by atoms with E-state index in [2.05, 4.69) is 6.72 Å². The highest BCUT2D eigenvalue weighted by molar-refractivity contribution is 6.06. The summed E-state index contributed by atoms with van der Waals surface area (Å²) in [5.41, 5.74) is 0.297. The second-order valence-electron chi connectivity index (χ2n) is 2.95. The molecule has 0 saturated carbocycles. The lowest BCUT2D eigenvalue weighted by Crippen LogP contribution is -1.97. The largest absolute Gasteiger partial charge is 0.507 e. The summed E-state index contributed by atoms with van der Waals surface area (Å²) in [4.78, 5) is 11.5. The Bertz CT molecular complexity index is 394. The predicted molar refractivity (Wildman–Crippen MR) is 54.9 cm³/mol. The molecule has 0 radical (unpaired) electrons. The molecule has 0 atom stereocenters. The van der Waals surface area contributed by atoms with Crippen molar-refractivity contribution in [3.8, 4) is 5.75 Å². The van der Waals surface area contributed by atoms with Crippen LogP contribution in [0.3, 0.4) is 0 Å². The lowest BCUT2D eigenvalue weighted by atomic mass is 10.1. The summed E-state index contributed by atoms with van der Waals surface area (Å²) >= 11 is 0. The molecular formula is C11H12NO2+. The molecule has 0 unspecified atom stereocenters. The SMILES string of the molecule is C=[N+](C)/C=C/C(=O)c1ccccc1O. The van der Waals surface area contributed by atoms with E-state index in [-0.39, 0.29) is 11.5 Å². The van der Waals surface area contributed by atoms with Gasteiger partial charge in [-0.15, -0.1) is 0 Å². The molecule has 0 aromatic heterocycles. The molecule has 0 spiro atoms. The van der Waals surface area contributed by atoms with Crippen molar-refractivity contribution in [2.24, 2.45) is 0 Å². The molecular weight excluding hydrogens is 178 g/mol. The highest BCUT2D eigenvalue weighted by Crippen LogP contribution is 2.16. The van der Waals surface area contributed by atoms with Crippen LogP contribution in [0.2, 0.25) is 0 Å². The van der Waals surface area contributed by atoms with E-state index in [4.69, 9.17) is 0 Å².